The first-order valence-electron chi connectivity index (χ1n) is 19.7. The van der Waals surface area contributed by atoms with E-state index in [2.05, 4.69) is 216 Å². The molecular weight excluding hydrogens is 725 g/mol. The summed E-state index contributed by atoms with van der Waals surface area (Å²) >= 11 is 1.85. The van der Waals surface area contributed by atoms with Gasteiger partial charge in [0.25, 0.3) is 0 Å². The third kappa shape index (κ3) is 4.99. The number of aromatic nitrogens is 1. The van der Waals surface area contributed by atoms with Crippen LogP contribution in [0.5, 0.6) is 0 Å². The van der Waals surface area contributed by atoms with Crippen molar-refractivity contribution in [2.24, 2.45) is 0 Å². The van der Waals surface area contributed by atoms with Crippen LogP contribution in [0, 0.1) is 0 Å². The average molecular weight is 759 g/mol. The van der Waals surface area contributed by atoms with Crippen molar-refractivity contribution in [2.75, 3.05) is 4.90 Å². The summed E-state index contributed by atoms with van der Waals surface area (Å²) in [6.45, 7) is 0. The van der Waals surface area contributed by atoms with E-state index in [1.165, 1.54) is 47.6 Å². The monoisotopic (exact) mass is 758 g/mol. The maximum atomic E-state index is 7.07. The number of hydrogen-bond acceptors (Lipinski definition) is 3. The molecule has 0 radical (unpaired) electrons. The summed E-state index contributed by atoms with van der Waals surface area (Å²) in [5.41, 5.74) is 12.9. The van der Waals surface area contributed by atoms with Gasteiger partial charge in [0.15, 0.2) is 5.58 Å². The molecule has 0 bridgehead atoms. The quantitative estimate of drug-likeness (QED) is 0.168. The lowest BCUT2D eigenvalue weighted by molar-refractivity contribution is 0.669. The highest BCUT2D eigenvalue weighted by atomic mass is 32.1. The zero-order valence-corrected chi connectivity index (χ0v) is 32.2. The van der Waals surface area contributed by atoms with E-state index in [0.29, 0.717) is 0 Å². The van der Waals surface area contributed by atoms with Gasteiger partial charge in [0.2, 0.25) is 0 Å². The Hall–Kier alpha value is -7.40. The fraction of sp³-hybridized carbons (Fsp3) is 0. The van der Waals surface area contributed by atoms with Crippen LogP contribution < -0.4 is 4.90 Å². The fourth-order valence-corrected chi connectivity index (χ4v) is 10.2. The molecule has 58 heavy (non-hydrogen) atoms. The van der Waals surface area contributed by atoms with Gasteiger partial charge in [-0.25, -0.2) is 0 Å². The molecule has 3 heterocycles. The number of benzene rings is 9. The predicted molar refractivity (Wildman–Crippen MR) is 247 cm³/mol. The van der Waals surface area contributed by atoms with Crippen molar-refractivity contribution in [3.05, 3.63) is 206 Å². The van der Waals surface area contributed by atoms with Gasteiger partial charge in [0, 0.05) is 59.5 Å². The van der Waals surface area contributed by atoms with E-state index in [1.807, 2.05) is 11.3 Å². The van der Waals surface area contributed by atoms with Crippen LogP contribution in [-0.4, -0.2) is 4.57 Å². The molecule has 12 rings (SSSR count). The largest absolute Gasteiger partial charge is 0.454 e. The van der Waals surface area contributed by atoms with Gasteiger partial charge in [0.05, 0.1) is 27.1 Å². The zero-order chi connectivity index (χ0) is 38.2. The third-order valence-corrected chi connectivity index (χ3v) is 12.8. The van der Waals surface area contributed by atoms with Gasteiger partial charge in [-0.05, 0) is 65.7 Å². The molecule has 3 aromatic heterocycles. The maximum absolute atomic E-state index is 7.07. The van der Waals surface area contributed by atoms with Gasteiger partial charge in [0.1, 0.15) is 5.58 Å². The Morgan fingerprint density at radius 1 is 0.431 bits per heavy atom. The van der Waals surface area contributed by atoms with Crippen LogP contribution in [0.2, 0.25) is 0 Å². The highest BCUT2D eigenvalue weighted by Crippen LogP contribution is 2.52. The molecule has 0 saturated heterocycles. The molecule has 0 unspecified atom stereocenters. The van der Waals surface area contributed by atoms with E-state index in [1.54, 1.807) is 0 Å². The number of furan rings is 1. The van der Waals surface area contributed by atoms with E-state index < -0.39 is 0 Å². The zero-order valence-electron chi connectivity index (χ0n) is 31.3. The smallest absolute Gasteiger partial charge is 0.160 e. The number of anilines is 3. The van der Waals surface area contributed by atoms with Gasteiger partial charge in [-0.3, -0.25) is 0 Å². The molecular formula is C54H34N2OS. The Kier molecular flexibility index (Phi) is 7.40. The van der Waals surface area contributed by atoms with Crippen molar-refractivity contribution < 1.29 is 4.42 Å². The molecule has 0 saturated carbocycles. The molecule has 9 aromatic carbocycles. The Bertz CT molecular complexity index is 3500. The van der Waals surface area contributed by atoms with Crippen molar-refractivity contribution in [3.63, 3.8) is 0 Å². The number of fused-ring (bicyclic) bond motifs is 9. The van der Waals surface area contributed by atoms with E-state index >= 15 is 0 Å². The molecule has 0 N–H and O–H groups in total. The van der Waals surface area contributed by atoms with Crippen LogP contribution in [0.3, 0.4) is 0 Å². The molecule has 0 fully saturated rings. The summed E-state index contributed by atoms with van der Waals surface area (Å²) in [5.74, 6) is 0. The first kappa shape index (κ1) is 32.8. The van der Waals surface area contributed by atoms with Crippen LogP contribution in [-0.2, 0) is 0 Å². The molecule has 272 valence electrons. The second kappa shape index (κ2) is 13.1. The Morgan fingerprint density at radius 3 is 1.93 bits per heavy atom. The minimum absolute atomic E-state index is 0.850. The van der Waals surface area contributed by atoms with Gasteiger partial charge < -0.3 is 13.9 Å². The normalized spacial score (nSPS) is 11.8. The highest BCUT2D eigenvalue weighted by molar-refractivity contribution is 7.26. The minimum atomic E-state index is 0.850. The van der Waals surface area contributed by atoms with Crippen molar-refractivity contribution in [1.82, 2.24) is 4.57 Å². The Labute approximate surface area is 338 Å². The first-order chi connectivity index (χ1) is 28.8. The van der Waals surface area contributed by atoms with Crippen LogP contribution >= 0.6 is 11.3 Å². The SMILES string of the molecule is c1ccc(-c2ccc(N(c3c(-c4cccc5c6ccccc6n(-c6ccccc6)c45)ccc4c3oc3ccccc34)c3cccc4c3sc3ccccc34)cc2)cc1. The summed E-state index contributed by atoms with van der Waals surface area (Å²) < 4.78 is 12.0. The highest BCUT2D eigenvalue weighted by Gasteiger charge is 2.28. The third-order valence-electron chi connectivity index (χ3n) is 11.6. The van der Waals surface area contributed by atoms with Crippen molar-refractivity contribution in [1.29, 1.82) is 0 Å². The number of thiophene rings is 1. The fourth-order valence-electron chi connectivity index (χ4n) is 9.03. The lowest BCUT2D eigenvalue weighted by atomic mass is 9.96. The lowest BCUT2D eigenvalue weighted by Crippen LogP contribution is -2.12. The molecule has 3 nitrogen and oxygen atoms in total. The van der Waals surface area contributed by atoms with E-state index in [9.17, 15) is 0 Å². The molecule has 0 aliphatic heterocycles. The minimum Gasteiger partial charge on any atom is -0.454 e. The van der Waals surface area contributed by atoms with E-state index in [0.717, 1.165) is 61.3 Å². The van der Waals surface area contributed by atoms with Gasteiger partial charge in [-0.2, -0.15) is 0 Å². The maximum Gasteiger partial charge on any atom is 0.160 e. The van der Waals surface area contributed by atoms with Gasteiger partial charge in [-0.15, -0.1) is 11.3 Å². The predicted octanol–water partition coefficient (Wildman–Crippen LogP) is 15.9. The molecule has 0 aliphatic rings. The van der Waals surface area contributed by atoms with Crippen LogP contribution in [0.1, 0.15) is 0 Å². The summed E-state index contributed by atoms with van der Waals surface area (Å²) in [5, 5.41) is 7.12. The second-order valence-corrected chi connectivity index (χ2v) is 15.9. The first-order valence-corrected chi connectivity index (χ1v) is 20.5. The average Bonchev–Trinajstić information content (AvgIpc) is 3.98. The lowest BCUT2D eigenvalue weighted by Gasteiger charge is -2.29. The molecule has 0 aliphatic carbocycles. The molecule has 0 spiro atoms. The molecule has 12 aromatic rings. The summed E-state index contributed by atoms with van der Waals surface area (Å²) in [7, 11) is 0. The number of hydrogen-bond donors (Lipinski definition) is 0. The van der Waals surface area contributed by atoms with Crippen LogP contribution in [0.15, 0.2) is 211 Å². The topological polar surface area (TPSA) is 21.3 Å². The molecule has 4 heteroatoms. The standard InChI is InChI=1S/C54H34N2OS/c1-3-15-35(16-4-1)36-29-31-38(32-30-36)56(48-26-14-24-46-41-21-9-12-28-50(41)58-54(46)48)52-44(33-34-45-40-20-8-11-27-49(40)57-53(45)52)43-23-13-22-42-39-19-7-10-25-47(39)55(51(42)43)37-17-5-2-6-18-37/h1-34H. The summed E-state index contributed by atoms with van der Waals surface area (Å²) in [4.78, 5) is 2.46. The van der Waals surface area contributed by atoms with E-state index in [-0.39, 0.29) is 0 Å². The van der Waals surface area contributed by atoms with Crippen molar-refractivity contribution >= 4 is 92.3 Å². The van der Waals surface area contributed by atoms with Crippen molar-refractivity contribution in [2.45, 2.75) is 0 Å². The van der Waals surface area contributed by atoms with Gasteiger partial charge >= 0.3 is 0 Å². The van der Waals surface area contributed by atoms with Crippen molar-refractivity contribution in [3.8, 4) is 27.9 Å². The molecule has 0 amide bonds. The Balaban J connectivity index is 1.23. The number of rotatable bonds is 6. The van der Waals surface area contributed by atoms with E-state index in [4.69, 9.17) is 4.42 Å². The number of nitrogens with zero attached hydrogens (tertiary/aromatic N) is 2. The second-order valence-electron chi connectivity index (χ2n) is 14.8. The van der Waals surface area contributed by atoms with Crippen LogP contribution in [0.25, 0.3) is 91.9 Å². The van der Waals surface area contributed by atoms with Gasteiger partial charge in [-0.1, -0.05) is 152 Å². The Morgan fingerprint density at radius 2 is 1.09 bits per heavy atom. The van der Waals surface area contributed by atoms with Crippen LogP contribution in [0.4, 0.5) is 17.1 Å². The molecule has 0 atom stereocenters. The summed E-state index contributed by atoms with van der Waals surface area (Å²) in [6.07, 6.45) is 0. The number of para-hydroxylation sites is 4. The summed E-state index contributed by atoms with van der Waals surface area (Å²) in [6, 6.07) is 74.3.